The monoisotopic (exact) mass is 489 g/mol. The molecule has 2 aromatic carbocycles. The summed E-state index contributed by atoms with van der Waals surface area (Å²) in [7, 11) is -3.71. The van der Waals surface area contributed by atoms with Crippen molar-refractivity contribution in [1.29, 1.82) is 0 Å². The van der Waals surface area contributed by atoms with Crippen molar-refractivity contribution >= 4 is 45.0 Å². The Morgan fingerprint density at radius 3 is 2.67 bits per heavy atom. The Morgan fingerprint density at radius 2 is 1.94 bits per heavy atom. The molecular weight excluding hydrogens is 462 g/mol. The van der Waals surface area contributed by atoms with E-state index in [9.17, 15) is 18.0 Å². The van der Waals surface area contributed by atoms with Crippen LogP contribution >= 0.6 is 11.8 Å². The quantitative estimate of drug-likeness (QED) is 0.626. The average molecular weight is 490 g/mol. The third kappa shape index (κ3) is 5.18. The molecule has 0 spiro atoms. The van der Waals surface area contributed by atoms with E-state index in [4.69, 9.17) is 4.74 Å². The molecule has 33 heavy (non-hydrogen) atoms. The van der Waals surface area contributed by atoms with E-state index in [2.05, 4.69) is 12.2 Å². The first-order chi connectivity index (χ1) is 15.8. The van der Waals surface area contributed by atoms with E-state index < -0.39 is 15.9 Å². The minimum atomic E-state index is -3.71. The molecule has 0 unspecified atom stereocenters. The maximum absolute atomic E-state index is 13.2. The fourth-order valence-electron chi connectivity index (χ4n) is 3.94. The second-order valence-corrected chi connectivity index (χ2v) is 11.1. The van der Waals surface area contributed by atoms with E-state index in [0.717, 1.165) is 17.7 Å². The molecule has 8 nitrogen and oxygen atoms in total. The molecule has 4 rings (SSSR count). The molecule has 0 bridgehead atoms. The van der Waals surface area contributed by atoms with Gasteiger partial charge in [0.15, 0.2) is 6.61 Å². The van der Waals surface area contributed by atoms with E-state index in [1.165, 1.54) is 21.3 Å². The molecule has 10 heteroatoms. The number of ether oxygens (including phenoxy) is 1. The largest absolute Gasteiger partial charge is 0.482 e. The fourth-order valence-corrected chi connectivity index (χ4v) is 5.88. The van der Waals surface area contributed by atoms with Crippen LogP contribution in [0.4, 0.5) is 11.4 Å². The van der Waals surface area contributed by atoms with Crippen molar-refractivity contribution < 1.29 is 22.7 Å². The number of fused-ring (bicyclic) bond motifs is 1. The van der Waals surface area contributed by atoms with Crippen LogP contribution < -0.4 is 15.0 Å². The standard InChI is InChI=1S/C23H27N3O5S2/c1-16-8-10-25(11-9-16)33(29,30)19-6-7-21-20(13-19)26(23(28)15-31-21)14-22(27)24-17-4-3-5-18(12-17)32-2/h3-7,12-13,16H,8-11,14-15H2,1-2H3,(H,24,27). The lowest BCUT2D eigenvalue weighted by atomic mass is 10.0. The number of benzene rings is 2. The van der Waals surface area contributed by atoms with Crippen molar-refractivity contribution in [3.63, 3.8) is 0 Å². The van der Waals surface area contributed by atoms with Gasteiger partial charge in [-0.2, -0.15) is 4.31 Å². The Morgan fingerprint density at radius 1 is 1.18 bits per heavy atom. The molecular formula is C23H27N3O5S2. The van der Waals surface area contributed by atoms with E-state index in [1.807, 2.05) is 24.5 Å². The number of piperidine rings is 1. The molecule has 1 saturated heterocycles. The van der Waals surface area contributed by atoms with Crippen LogP contribution in [0.5, 0.6) is 5.75 Å². The van der Waals surface area contributed by atoms with Crippen LogP contribution in [-0.4, -0.2) is 57.0 Å². The summed E-state index contributed by atoms with van der Waals surface area (Å²) >= 11 is 1.56. The summed E-state index contributed by atoms with van der Waals surface area (Å²) in [5.41, 5.74) is 0.911. The number of nitrogens with one attached hydrogen (secondary N) is 1. The summed E-state index contributed by atoms with van der Waals surface area (Å²) in [6.45, 7) is 2.60. The smallest absolute Gasteiger partial charge is 0.265 e. The van der Waals surface area contributed by atoms with Crippen molar-refractivity contribution in [2.75, 3.05) is 42.7 Å². The second-order valence-electron chi connectivity index (χ2n) is 8.26. The van der Waals surface area contributed by atoms with Gasteiger partial charge in [0.1, 0.15) is 12.3 Å². The lowest BCUT2D eigenvalue weighted by molar-refractivity contribution is -0.123. The zero-order chi connectivity index (χ0) is 23.6. The Kier molecular flexibility index (Phi) is 6.96. The van der Waals surface area contributed by atoms with Crippen LogP contribution in [0.1, 0.15) is 19.8 Å². The Hall–Kier alpha value is -2.56. The zero-order valence-electron chi connectivity index (χ0n) is 18.6. The minimum Gasteiger partial charge on any atom is -0.482 e. The van der Waals surface area contributed by atoms with Gasteiger partial charge in [-0.3, -0.25) is 14.5 Å². The minimum absolute atomic E-state index is 0.0900. The number of anilines is 2. The summed E-state index contributed by atoms with van der Waals surface area (Å²) in [6, 6.07) is 11.9. The van der Waals surface area contributed by atoms with Crippen LogP contribution in [0.2, 0.25) is 0 Å². The van der Waals surface area contributed by atoms with Crippen LogP contribution in [-0.2, 0) is 19.6 Å². The highest BCUT2D eigenvalue weighted by Crippen LogP contribution is 2.35. The van der Waals surface area contributed by atoms with E-state index in [1.54, 1.807) is 23.9 Å². The van der Waals surface area contributed by atoms with Crippen LogP contribution in [0, 0.1) is 5.92 Å². The molecule has 2 aliphatic rings. The number of hydrogen-bond acceptors (Lipinski definition) is 6. The third-order valence-electron chi connectivity index (χ3n) is 5.91. The maximum Gasteiger partial charge on any atom is 0.265 e. The summed E-state index contributed by atoms with van der Waals surface area (Å²) in [5, 5.41) is 2.80. The number of nitrogens with zero attached hydrogens (tertiary/aromatic N) is 2. The van der Waals surface area contributed by atoms with Crippen LogP contribution in [0.3, 0.4) is 0 Å². The highest BCUT2D eigenvalue weighted by Gasteiger charge is 2.32. The molecule has 0 radical (unpaired) electrons. The number of amides is 2. The van der Waals surface area contributed by atoms with Gasteiger partial charge in [-0.25, -0.2) is 8.42 Å². The second kappa shape index (κ2) is 9.74. The molecule has 2 aromatic rings. The molecule has 0 aromatic heterocycles. The van der Waals surface area contributed by atoms with Gasteiger partial charge in [0.2, 0.25) is 15.9 Å². The SMILES string of the molecule is CSc1cccc(NC(=O)CN2C(=O)COc3ccc(S(=O)(=O)N4CCC(C)CC4)cc32)c1. The molecule has 2 heterocycles. The molecule has 0 atom stereocenters. The molecule has 0 saturated carbocycles. The average Bonchev–Trinajstić information content (AvgIpc) is 2.81. The predicted molar refractivity (Wildman–Crippen MR) is 128 cm³/mol. The number of hydrogen-bond donors (Lipinski definition) is 1. The van der Waals surface area contributed by atoms with E-state index in [-0.39, 0.29) is 29.6 Å². The van der Waals surface area contributed by atoms with Gasteiger partial charge < -0.3 is 10.1 Å². The van der Waals surface area contributed by atoms with Gasteiger partial charge in [-0.1, -0.05) is 13.0 Å². The predicted octanol–water partition coefficient (Wildman–Crippen LogP) is 3.19. The summed E-state index contributed by atoms with van der Waals surface area (Å²) in [4.78, 5) is 27.7. The number of carbonyl (C=O) groups excluding carboxylic acids is 2. The van der Waals surface area contributed by atoms with Crippen molar-refractivity contribution in [2.45, 2.75) is 29.6 Å². The summed E-state index contributed by atoms with van der Waals surface area (Å²) in [6.07, 6.45) is 3.58. The van der Waals surface area contributed by atoms with Gasteiger partial charge in [-0.15, -0.1) is 11.8 Å². The number of sulfonamides is 1. The van der Waals surface area contributed by atoms with Crippen molar-refractivity contribution in [1.82, 2.24) is 4.31 Å². The molecule has 1 fully saturated rings. The first-order valence-electron chi connectivity index (χ1n) is 10.8. The Balaban J connectivity index is 1.56. The van der Waals surface area contributed by atoms with E-state index >= 15 is 0 Å². The number of carbonyl (C=O) groups is 2. The normalized spacial score (nSPS) is 17.4. The maximum atomic E-state index is 13.2. The van der Waals surface area contributed by atoms with Gasteiger partial charge in [-0.05, 0) is 61.4 Å². The van der Waals surface area contributed by atoms with Crippen LogP contribution in [0.15, 0.2) is 52.3 Å². The van der Waals surface area contributed by atoms with Gasteiger partial charge in [0.05, 0.1) is 10.6 Å². The third-order valence-corrected chi connectivity index (χ3v) is 8.53. The van der Waals surface area contributed by atoms with Crippen molar-refractivity contribution in [3.05, 3.63) is 42.5 Å². The van der Waals surface area contributed by atoms with Crippen LogP contribution in [0.25, 0.3) is 0 Å². The first kappa shape index (κ1) is 23.6. The highest BCUT2D eigenvalue weighted by atomic mass is 32.2. The molecule has 0 aliphatic carbocycles. The Labute approximate surface area is 198 Å². The lowest BCUT2D eigenvalue weighted by Gasteiger charge is -2.31. The number of rotatable bonds is 6. The van der Waals surface area contributed by atoms with Crippen molar-refractivity contribution in [2.24, 2.45) is 5.92 Å². The topological polar surface area (TPSA) is 96.0 Å². The molecule has 176 valence electrons. The summed E-state index contributed by atoms with van der Waals surface area (Å²) < 4.78 is 33.4. The summed E-state index contributed by atoms with van der Waals surface area (Å²) in [5.74, 6) is 0.0826. The van der Waals surface area contributed by atoms with Gasteiger partial charge in [0.25, 0.3) is 5.91 Å². The highest BCUT2D eigenvalue weighted by molar-refractivity contribution is 7.98. The van der Waals surface area contributed by atoms with Crippen molar-refractivity contribution in [3.8, 4) is 5.75 Å². The molecule has 2 aliphatic heterocycles. The fraction of sp³-hybridized carbons (Fsp3) is 0.391. The molecule has 2 amide bonds. The Bertz CT molecular complexity index is 1160. The number of thioether (sulfide) groups is 1. The van der Waals surface area contributed by atoms with E-state index in [0.29, 0.717) is 30.4 Å². The lowest BCUT2D eigenvalue weighted by Crippen LogP contribution is -2.43. The zero-order valence-corrected chi connectivity index (χ0v) is 20.2. The van der Waals surface area contributed by atoms with Gasteiger partial charge >= 0.3 is 0 Å². The molecule has 1 N–H and O–H groups in total. The van der Waals surface area contributed by atoms with Gasteiger partial charge in [0, 0.05) is 23.7 Å². The first-order valence-corrected chi connectivity index (χ1v) is 13.5.